The molecule has 0 saturated carbocycles. The van der Waals surface area contributed by atoms with E-state index in [2.05, 4.69) is 10.3 Å². The van der Waals surface area contributed by atoms with Crippen LogP contribution in [0, 0.1) is 0 Å². The summed E-state index contributed by atoms with van der Waals surface area (Å²) in [6, 6.07) is 24.7. The van der Waals surface area contributed by atoms with Crippen LogP contribution in [0.3, 0.4) is 0 Å². The monoisotopic (exact) mass is 510 g/mol. The van der Waals surface area contributed by atoms with E-state index >= 15 is 0 Å². The van der Waals surface area contributed by atoms with Gasteiger partial charge in [-0.3, -0.25) is 4.98 Å². The molecular formula is C27H22ClF3N4O. The molecule has 1 heterocycles. The van der Waals surface area contributed by atoms with Gasteiger partial charge < -0.3 is 5.32 Å². The number of nitrogens with one attached hydrogen (secondary N) is 1. The molecule has 4 rings (SSSR count). The first-order valence-electron chi connectivity index (χ1n) is 11.0. The zero-order valence-electron chi connectivity index (χ0n) is 18.9. The Balaban J connectivity index is 1.90. The number of amides is 2. The number of anilines is 1. The molecule has 0 aliphatic carbocycles. The van der Waals surface area contributed by atoms with E-state index in [4.69, 9.17) is 17.4 Å². The van der Waals surface area contributed by atoms with E-state index in [1.165, 1.54) is 18.3 Å². The van der Waals surface area contributed by atoms with Crippen molar-refractivity contribution in [2.75, 3.05) is 5.01 Å². The molecule has 1 unspecified atom stereocenters. The van der Waals surface area contributed by atoms with Gasteiger partial charge in [0.05, 0.1) is 22.0 Å². The van der Waals surface area contributed by atoms with Crippen LogP contribution in [0.2, 0.25) is 5.02 Å². The highest BCUT2D eigenvalue weighted by Crippen LogP contribution is 2.37. The molecule has 0 bridgehead atoms. The Morgan fingerprint density at radius 3 is 2.22 bits per heavy atom. The van der Waals surface area contributed by atoms with Crippen molar-refractivity contribution in [2.45, 2.75) is 18.1 Å². The van der Waals surface area contributed by atoms with Crippen molar-refractivity contribution in [3.63, 3.8) is 0 Å². The number of alkyl halides is 3. The van der Waals surface area contributed by atoms with Crippen LogP contribution in [-0.2, 0) is 18.1 Å². The molecule has 3 aromatic carbocycles. The summed E-state index contributed by atoms with van der Waals surface area (Å²) in [5.41, 5.74) is -0.814. The average molecular weight is 511 g/mol. The molecule has 3 N–H and O–H groups in total. The number of rotatable bonds is 6. The van der Waals surface area contributed by atoms with Crippen LogP contribution in [0.4, 0.5) is 23.7 Å². The van der Waals surface area contributed by atoms with E-state index in [9.17, 15) is 18.0 Å². The molecule has 5 nitrogen and oxygen atoms in total. The zero-order valence-corrected chi connectivity index (χ0v) is 19.7. The summed E-state index contributed by atoms with van der Waals surface area (Å²) < 4.78 is 41.1. The molecule has 0 saturated heterocycles. The molecule has 2 amide bonds. The van der Waals surface area contributed by atoms with Crippen LogP contribution in [0.5, 0.6) is 0 Å². The topological polar surface area (TPSA) is 71.2 Å². The van der Waals surface area contributed by atoms with Gasteiger partial charge in [-0.2, -0.15) is 13.2 Å². The van der Waals surface area contributed by atoms with E-state index in [1.54, 1.807) is 42.5 Å². The number of pyridine rings is 1. The smallest absolute Gasteiger partial charge is 0.321 e. The molecular weight excluding hydrogens is 489 g/mol. The molecule has 184 valence electrons. The number of nitrogens with two attached hydrogens (primary N) is 1. The summed E-state index contributed by atoms with van der Waals surface area (Å²) in [5.74, 6) is 6.13. The minimum atomic E-state index is -4.58. The SMILES string of the molecule is NN(C(=O)NC(Cc1ccccc1)(c1cccc(C(F)(F)F)c1)c1ccccn1)c1ccccc1Cl. The third-order valence-electron chi connectivity index (χ3n) is 5.75. The molecule has 9 heteroatoms. The number of carbonyl (C=O) groups excluding carboxylic acids is 1. The van der Waals surface area contributed by atoms with Crippen molar-refractivity contribution >= 4 is 23.3 Å². The van der Waals surface area contributed by atoms with Gasteiger partial charge in [0.2, 0.25) is 0 Å². The van der Waals surface area contributed by atoms with Crippen molar-refractivity contribution in [3.8, 4) is 0 Å². The molecule has 4 aromatic rings. The van der Waals surface area contributed by atoms with Crippen molar-refractivity contribution < 1.29 is 18.0 Å². The van der Waals surface area contributed by atoms with Crippen LogP contribution in [0.25, 0.3) is 0 Å². The van der Waals surface area contributed by atoms with Crippen LogP contribution >= 0.6 is 11.6 Å². The number of hydrazine groups is 1. The van der Waals surface area contributed by atoms with E-state index in [0.29, 0.717) is 5.69 Å². The maximum absolute atomic E-state index is 13.7. The first-order valence-corrected chi connectivity index (χ1v) is 11.3. The van der Waals surface area contributed by atoms with Crippen molar-refractivity contribution in [2.24, 2.45) is 5.84 Å². The predicted molar refractivity (Wildman–Crippen MR) is 133 cm³/mol. The van der Waals surface area contributed by atoms with Gasteiger partial charge in [-0.15, -0.1) is 0 Å². The molecule has 0 radical (unpaired) electrons. The summed E-state index contributed by atoms with van der Waals surface area (Å²) in [6.45, 7) is 0. The summed E-state index contributed by atoms with van der Waals surface area (Å²) in [5, 5.41) is 3.96. The minimum Gasteiger partial charge on any atom is -0.321 e. The maximum atomic E-state index is 13.7. The first kappa shape index (κ1) is 25.2. The lowest BCUT2D eigenvalue weighted by molar-refractivity contribution is -0.137. The number of benzene rings is 3. The van der Waals surface area contributed by atoms with Crippen molar-refractivity contribution in [1.29, 1.82) is 0 Å². The van der Waals surface area contributed by atoms with Gasteiger partial charge in [-0.25, -0.2) is 15.6 Å². The first-order chi connectivity index (χ1) is 17.2. The molecule has 0 fully saturated rings. The highest BCUT2D eigenvalue weighted by molar-refractivity contribution is 6.33. The fourth-order valence-corrected chi connectivity index (χ4v) is 4.23. The lowest BCUT2D eigenvalue weighted by Crippen LogP contribution is -2.55. The summed E-state index contributed by atoms with van der Waals surface area (Å²) in [7, 11) is 0. The third-order valence-corrected chi connectivity index (χ3v) is 6.07. The standard InChI is InChI=1S/C27H22ClF3N4O/c28-22-13-4-5-14-23(22)35(32)25(36)34-26(24-15-6-7-16-33-24,18-19-9-2-1-3-10-19)20-11-8-12-21(17-20)27(29,30)31/h1-17H,18,32H2,(H,34,36). The second-order valence-electron chi connectivity index (χ2n) is 8.11. The Labute approximate surface area is 211 Å². The predicted octanol–water partition coefficient (Wildman–Crippen LogP) is 6.33. The maximum Gasteiger partial charge on any atom is 0.416 e. The third kappa shape index (κ3) is 5.35. The quantitative estimate of drug-likeness (QED) is 0.181. The normalized spacial score (nSPS) is 13.0. The number of hydrogen-bond donors (Lipinski definition) is 2. The summed E-state index contributed by atoms with van der Waals surface area (Å²) in [6.07, 6.45) is -2.96. The van der Waals surface area contributed by atoms with Crippen LogP contribution in [0.15, 0.2) is 103 Å². The molecule has 0 spiro atoms. The van der Waals surface area contributed by atoms with Gasteiger partial charge in [0.25, 0.3) is 0 Å². The number of para-hydroxylation sites is 1. The second-order valence-corrected chi connectivity index (χ2v) is 8.52. The van der Waals surface area contributed by atoms with Crippen LogP contribution in [0.1, 0.15) is 22.4 Å². The minimum absolute atomic E-state index is 0.105. The number of carbonyl (C=O) groups is 1. The summed E-state index contributed by atoms with van der Waals surface area (Å²) in [4.78, 5) is 17.9. The molecule has 1 aromatic heterocycles. The van der Waals surface area contributed by atoms with Crippen molar-refractivity contribution in [3.05, 3.63) is 131 Å². The van der Waals surface area contributed by atoms with Gasteiger partial charge in [-0.05, 0) is 47.5 Å². The van der Waals surface area contributed by atoms with Gasteiger partial charge in [-0.1, -0.05) is 72.3 Å². The Kier molecular flexibility index (Phi) is 7.28. The number of urea groups is 1. The Morgan fingerprint density at radius 1 is 0.889 bits per heavy atom. The Bertz CT molecular complexity index is 1340. The van der Waals surface area contributed by atoms with Crippen molar-refractivity contribution in [1.82, 2.24) is 10.3 Å². The van der Waals surface area contributed by atoms with Crippen LogP contribution in [-0.4, -0.2) is 11.0 Å². The largest absolute Gasteiger partial charge is 0.416 e. The van der Waals surface area contributed by atoms with E-state index < -0.39 is 23.3 Å². The second kappa shape index (κ2) is 10.4. The van der Waals surface area contributed by atoms with E-state index in [0.717, 1.165) is 22.7 Å². The average Bonchev–Trinajstić information content (AvgIpc) is 2.89. The number of hydrogen-bond acceptors (Lipinski definition) is 3. The number of halogens is 4. The molecule has 1 atom stereocenters. The molecule has 36 heavy (non-hydrogen) atoms. The van der Waals surface area contributed by atoms with Gasteiger partial charge in [0.15, 0.2) is 0 Å². The van der Waals surface area contributed by atoms with Gasteiger partial charge >= 0.3 is 12.2 Å². The Hall–Kier alpha value is -3.88. The lowest BCUT2D eigenvalue weighted by atomic mass is 9.80. The lowest BCUT2D eigenvalue weighted by Gasteiger charge is -2.37. The Morgan fingerprint density at radius 2 is 1.56 bits per heavy atom. The van der Waals surface area contributed by atoms with Crippen LogP contribution < -0.4 is 16.2 Å². The van der Waals surface area contributed by atoms with E-state index in [1.807, 2.05) is 30.3 Å². The highest BCUT2D eigenvalue weighted by atomic mass is 35.5. The zero-order chi connectivity index (χ0) is 25.8. The number of aromatic nitrogens is 1. The molecule has 0 aliphatic heterocycles. The van der Waals surface area contributed by atoms with Gasteiger partial charge in [0.1, 0.15) is 5.54 Å². The van der Waals surface area contributed by atoms with Gasteiger partial charge in [0, 0.05) is 12.6 Å². The fraction of sp³-hybridized carbons (Fsp3) is 0.111. The highest BCUT2D eigenvalue weighted by Gasteiger charge is 2.41. The fourth-order valence-electron chi connectivity index (χ4n) is 4.00. The summed E-state index contributed by atoms with van der Waals surface area (Å²) >= 11 is 6.23. The number of nitrogens with zero attached hydrogens (tertiary/aromatic N) is 2. The molecule has 0 aliphatic rings. The van der Waals surface area contributed by atoms with E-state index in [-0.39, 0.29) is 22.7 Å².